The molecular formula is C13H20ClNO2. The Morgan fingerprint density at radius 1 is 1.35 bits per heavy atom. The number of hydrogen-bond acceptors (Lipinski definition) is 3. The van der Waals surface area contributed by atoms with Gasteiger partial charge in [-0.3, -0.25) is 0 Å². The lowest BCUT2D eigenvalue weighted by molar-refractivity contribution is 0.0718. The van der Waals surface area contributed by atoms with Crippen LogP contribution in [0.4, 0.5) is 0 Å². The molecule has 0 heterocycles. The summed E-state index contributed by atoms with van der Waals surface area (Å²) in [4.78, 5) is 0. The minimum absolute atomic E-state index is 0.0210. The van der Waals surface area contributed by atoms with Crippen LogP contribution in [0.15, 0.2) is 18.2 Å². The van der Waals surface area contributed by atoms with E-state index in [4.69, 9.17) is 26.8 Å². The molecule has 0 aliphatic rings. The van der Waals surface area contributed by atoms with Gasteiger partial charge >= 0.3 is 0 Å². The van der Waals surface area contributed by atoms with Crippen molar-refractivity contribution < 1.29 is 9.47 Å². The van der Waals surface area contributed by atoms with Crippen LogP contribution in [0.3, 0.4) is 0 Å². The molecular weight excluding hydrogens is 238 g/mol. The average Bonchev–Trinajstić information content (AvgIpc) is 2.35. The van der Waals surface area contributed by atoms with Gasteiger partial charge in [-0.2, -0.15) is 0 Å². The lowest BCUT2D eigenvalue weighted by Crippen LogP contribution is -2.28. The van der Waals surface area contributed by atoms with Gasteiger partial charge in [0, 0.05) is 17.7 Å². The maximum Gasteiger partial charge on any atom is 0.123 e. The van der Waals surface area contributed by atoms with E-state index in [0.29, 0.717) is 5.02 Å². The minimum Gasteiger partial charge on any atom is -0.496 e. The number of benzene rings is 1. The Labute approximate surface area is 108 Å². The predicted molar refractivity (Wildman–Crippen MR) is 70.6 cm³/mol. The van der Waals surface area contributed by atoms with Crippen molar-refractivity contribution in [3.8, 4) is 5.75 Å². The fourth-order valence-electron chi connectivity index (χ4n) is 1.89. The monoisotopic (exact) mass is 257 g/mol. The zero-order chi connectivity index (χ0) is 12.8. The van der Waals surface area contributed by atoms with Crippen LogP contribution in [-0.2, 0) is 4.74 Å². The summed E-state index contributed by atoms with van der Waals surface area (Å²) < 4.78 is 10.7. The van der Waals surface area contributed by atoms with Crippen LogP contribution in [0.5, 0.6) is 5.75 Å². The van der Waals surface area contributed by atoms with E-state index in [-0.39, 0.29) is 12.1 Å². The molecule has 3 nitrogen and oxygen atoms in total. The molecule has 1 rings (SSSR count). The highest BCUT2D eigenvalue weighted by Gasteiger charge is 2.21. The van der Waals surface area contributed by atoms with Crippen molar-refractivity contribution in [3.05, 3.63) is 28.8 Å². The number of hydrogen-bond donors (Lipinski definition) is 1. The smallest absolute Gasteiger partial charge is 0.123 e. The molecule has 4 heteroatoms. The van der Waals surface area contributed by atoms with E-state index >= 15 is 0 Å². The summed E-state index contributed by atoms with van der Waals surface area (Å²) in [6, 6.07) is 5.23. The zero-order valence-electron chi connectivity index (χ0n) is 10.6. The van der Waals surface area contributed by atoms with Crippen LogP contribution in [0.1, 0.15) is 31.4 Å². The van der Waals surface area contributed by atoms with Gasteiger partial charge in [0.05, 0.1) is 19.3 Å². The van der Waals surface area contributed by atoms with Gasteiger partial charge in [-0.05, 0) is 24.6 Å². The summed E-state index contributed by atoms with van der Waals surface area (Å²) in [5.74, 6) is 0.750. The first-order valence-electron chi connectivity index (χ1n) is 5.75. The third-order valence-corrected chi connectivity index (χ3v) is 3.06. The van der Waals surface area contributed by atoms with Gasteiger partial charge < -0.3 is 15.2 Å². The van der Waals surface area contributed by atoms with E-state index in [1.807, 2.05) is 12.1 Å². The van der Waals surface area contributed by atoms with Gasteiger partial charge in [0.15, 0.2) is 0 Å². The molecule has 0 amide bonds. The second-order valence-corrected chi connectivity index (χ2v) is 4.41. The van der Waals surface area contributed by atoms with Crippen molar-refractivity contribution in [3.63, 3.8) is 0 Å². The summed E-state index contributed by atoms with van der Waals surface area (Å²) in [7, 11) is 3.30. The van der Waals surface area contributed by atoms with Crippen LogP contribution in [0.25, 0.3) is 0 Å². The standard InChI is InChI=1S/C13H20ClNO2/c1-4-5-12(17-3)13(15)10-8-9(14)6-7-11(10)16-2/h6-8,12-13H,4-5,15H2,1-3H3. The normalized spacial score (nSPS) is 14.4. The highest BCUT2D eigenvalue weighted by Crippen LogP contribution is 2.30. The van der Waals surface area contributed by atoms with Crippen molar-refractivity contribution in [1.29, 1.82) is 0 Å². The molecule has 2 atom stereocenters. The number of rotatable bonds is 6. The molecule has 17 heavy (non-hydrogen) atoms. The number of nitrogens with two attached hydrogens (primary N) is 1. The Kier molecular flexibility index (Phi) is 5.75. The molecule has 96 valence electrons. The minimum atomic E-state index is -0.228. The molecule has 0 fully saturated rings. The first kappa shape index (κ1) is 14.3. The second kappa shape index (κ2) is 6.84. The van der Waals surface area contributed by atoms with Gasteiger partial charge in [0.2, 0.25) is 0 Å². The Morgan fingerprint density at radius 2 is 2.06 bits per heavy atom. The van der Waals surface area contributed by atoms with Gasteiger partial charge in [-0.15, -0.1) is 0 Å². The molecule has 0 radical (unpaired) electrons. The molecule has 0 aromatic heterocycles. The van der Waals surface area contributed by atoms with E-state index < -0.39 is 0 Å². The summed E-state index contributed by atoms with van der Waals surface area (Å²) in [6.45, 7) is 2.11. The third-order valence-electron chi connectivity index (χ3n) is 2.83. The SMILES string of the molecule is CCCC(OC)C(N)c1cc(Cl)ccc1OC. The van der Waals surface area contributed by atoms with Crippen LogP contribution < -0.4 is 10.5 Å². The zero-order valence-corrected chi connectivity index (χ0v) is 11.3. The molecule has 0 aliphatic carbocycles. The maximum atomic E-state index is 6.22. The molecule has 2 N–H and O–H groups in total. The first-order valence-corrected chi connectivity index (χ1v) is 6.13. The summed E-state index contributed by atoms with van der Waals surface area (Å²) >= 11 is 5.99. The second-order valence-electron chi connectivity index (χ2n) is 3.97. The van der Waals surface area contributed by atoms with Gasteiger partial charge in [-0.1, -0.05) is 24.9 Å². The fourth-order valence-corrected chi connectivity index (χ4v) is 2.08. The van der Waals surface area contributed by atoms with Gasteiger partial charge in [0.25, 0.3) is 0 Å². The molecule has 0 aliphatic heterocycles. The van der Waals surface area contributed by atoms with Crippen molar-refractivity contribution in [2.24, 2.45) is 5.73 Å². The van der Waals surface area contributed by atoms with E-state index in [0.717, 1.165) is 24.2 Å². The first-order chi connectivity index (χ1) is 8.13. The summed E-state index contributed by atoms with van der Waals surface area (Å²) in [5.41, 5.74) is 7.11. The molecule has 0 saturated carbocycles. The van der Waals surface area contributed by atoms with Crippen molar-refractivity contribution in [2.75, 3.05) is 14.2 Å². The number of methoxy groups -OCH3 is 2. The van der Waals surface area contributed by atoms with Crippen LogP contribution in [-0.4, -0.2) is 20.3 Å². The van der Waals surface area contributed by atoms with E-state index in [1.165, 1.54) is 0 Å². The molecule has 2 unspecified atom stereocenters. The van der Waals surface area contributed by atoms with E-state index in [2.05, 4.69) is 6.92 Å². The quantitative estimate of drug-likeness (QED) is 0.851. The Bertz CT molecular complexity index is 357. The third kappa shape index (κ3) is 3.60. The number of halogens is 1. The van der Waals surface area contributed by atoms with Gasteiger partial charge in [-0.25, -0.2) is 0 Å². The summed E-state index contributed by atoms with van der Waals surface area (Å²) in [5, 5.41) is 0.655. The molecule has 1 aromatic rings. The topological polar surface area (TPSA) is 44.5 Å². The Morgan fingerprint density at radius 3 is 2.59 bits per heavy atom. The van der Waals surface area contributed by atoms with Crippen molar-refractivity contribution in [2.45, 2.75) is 31.9 Å². The maximum absolute atomic E-state index is 6.22. The predicted octanol–water partition coefficient (Wildman–Crippen LogP) is 3.16. The summed E-state index contributed by atoms with van der Waals surface area (Å²) in [6.07, 6.45) is 1.91. The largest absolute Gasteiger partial charge is 0.496 e. The van der Waals surface area contributed by atoms with E-state index in [1.54, 1.807) is 20.3 Å². The molecule has 1 aromatic carbocycles. The molecule has 0 saturated heterocycles. The molecule has 0 bridgehead atoms. The van der Waals surface area contributed by atoms with Crippen molar-refractivity contribution in [1.82, 2.24) is 0 Å². The lowest BCUT2D eigenvalue weighted by atomic mass is 9.98. The van der Waals surface area contributed by atoms with Gasteiger partial charge in [0.1, 0.15) is 5.75 Å². The molecule has 0 spiro atoms. The van der Waals surface area contributed by atoms with Crippen LogP contribution >= 0.6 is 11.6 Å². The van der Waals surface area contributed by atoms with Crippen molar-refractivity contribution >= 4 is 11.6 Å². The average molecular weight is 258 g/mol. The fraction of sp³-hybridized carbons (Fsp3) is 0.538. The number of ether oxygens (including phenoxy) is 2. The van der Waals surface area contributed by atoms with E-state index in [9.17, 15) is 0 Å². The van der Waals surface area contributed by atoms with Crippen LogP contribution in [0, 0.1) is 0 Å². The Hall–Kier alpha value is -0.770. The highest BCUT2D eigenvalue weighted by molar-refractivity contribution is 6.30. The van der Waals surface area contributed by atoms with Crippen LogP contribution in [0.2, 0.25) is 5.02 Å². The lowest BCUT2D eigenvalue weighted by Gasteiger charge is -2.24. The Balaban J connectivity index is 2.99. The highest BCUT2D eigenvalue weighted by atomic mass is 35.5.